The van der Waals surface area contributed by atoms with Gasteiger partial charge in [0.15, 0.2) is 5.78 Å². The summed E-state index contributed by atoms with van der Waals surface area (Å²) in [5.41, 5.74) is -0.763. The van der Waals surface area contributed by atoms with Crippen LogP contribution in [0.5, 0.6) is 0 Å². The van der Waals surface area contributed by atoms with Crippen LogP contribution < -0.4 is 5.32 Å². The van der Waals surface area contributed by atoms with Crippen molar-refractivity contribution in [2.75, 3.05) is 0 Å². The molecule has 9 heteroatoms. The van der Waals surface area contributed by atoms with Crippen LogP contribution in [0.3, 0.4) is 0 Å². The molecule has 4 aliphatic carbocycles. The molecule has 5 atom stereocenters. The Morgan fingerprint density at radius 3 is 2.24 bits per heavy atom. The fraction of sp³-hybridized carbons (Fsp3) is 0.500. The van der Waals surface area contributed by atoms with Gasteiger partial charge in [-0.2, -0.15) is 22.0 Å². The third kappa shape index (κ3) is 4.88. The van der Waals surface area contributed by atoms with Crippen LogP contribution in [0.1, 0.15) is 93.1 Å². The Morgan fingerprint density at radius 1 is 0.933 bits per heavy atom. The first-order chi connectivity index (χ1) is 21.0. The largest absolute Gasteiger partial charge is 0.456 e. The lowest BCUT2D eigenvalue weighted by Crippen LogP contribution is -2.65. The van der Waals surface area contributed by atoms with Crippen LogP contribution in [-0.2, 0) is 10.3 Å². The zero-order valence-corrected chi connectivity index (χ0v) is 25.6. The predicted molar refractivity (Wildman–Crippen MR) is 160 cm³/mol. The van der Waals surface area contributed by atoms with Gasteiger partial charge in [-0.05, 0) is 105 Å². The van der Waals surface area contributed by atoms with Gasteiger partial charge in [-0.25, -0.2) is 0 Å². The number of hydrogen-bond donors (Lipinski definition) is 2. The van der Waals surface area contributed by atoms with Crippen LogP contribution in [-0.4, -0.2) is 34.5 Å². The minimum absolute atomic E-state index is 0.0267. The lowest BCUT2D eigenvalue weighted by molar-refractivity contribution is -0.362. The van der Waals surface area contributed by atoms with Crippen molar-refractivity contribution in [1.82, 2.24) is 5.32 Å². The lowest BCUT2D eigenvalue weighted by atomic mass is 9.50. The first-order valence-corrected chi connectivity index (χ1v) is 15.6. The molecule has 2 saturated carbocycles. The summed E-state index contributed by atoms with van der Waals surface area (Å²) in [5.74, 6) is -7.01. The standard InChI is InChI=1S/C36H38F5NO3/c1-32(2,24-7-5-4-6-8-24)42-31(44)22-11-9-21(10-12-22)28-20-33(3)29(17-18-34(33,45)35(37,38)36(39,40)41)27-15-13-23-19-25(43)14-16-26(23)30(27)28/h4-12,19,27-29,45H,13-18,20H2,1-3H3,(H,42,44)/t27?,28-,29?,33?,34+/m1/s1. The molecule has 0 aliphatic heterocycles. The maximum atomic E-state index is 15.2. The highest BCUT2D eigenvalue weighted by Crippen LogP contribution is 2.70. The Bertz CT molecular complexity index is 1580. The fourth-order valence-corrected chi connectivity index (χ4v) is 8.86. The second-order valence-corrected chi connectivity index (χ2v) is 14.0. The zero-order valence-electron chi connectivity index (χ0n) is 25.6. The second-order valence-electron chi connectivity index (χ2n) is 14.0. The molecule has 3 unspecified atom stereocenters. The van der Waals surface area contributed by atoms with Gasteiger partial charge >= 0.3 is 12.1 Å². The van der Waals surface area contributed by atoms with E-state index in [1.807, 2.05) is 44.2 Å². The van der Waals surface area contributed by atoms with E-state index in [0.717, 1.165) is 22.3 Å². The molecule has 45 heavy (non-hydrogen) atoms. The van der Waals surface area contributed by atoms with Gasteiger partial charge in [-0.3, -0.25) is 9.59 Å². The minimum Gasteiger partial charge on any atom is -0.383 e. The van der Waals surface area contributed by atoms with E-state index in [9.17, 15) is 27.9 Å². The van der Waals surface area contributed by atoms with E-state index in [4.69, 9.17) is 0 Å². The average molecular weight is 628 g/mol. The number of hydrogen-bond acceptors (Lipinski definition) is 3. The summed E-state index contributed by atoms with van der Waals surface area (Å²) in [7, 11) is 0. The van der Waals surface area contributed by atoms with Crippen LogP contribution in [0.4, 0.5) is 22.0 Å². The number of aliphatic hydroxyl groups is 1. The van der Waals surface area contributed by atoms with Gasteiger partial charge in [0.1, 0.15) is 5.60 Å². The first kappa shape index (κ1) is 31.6. The van der Waals surface area contributed by atoms with E-state index in [2.05, 4.69) is 5.32 Å². The first-order valence-electron chi connectivity index (χ1n) is 15.6. The maximum absolute atomic E-state index is 15.2. The smallest absolute Gasteiger partial charge is 0.383 e. The van der Waals surface area contributed by atoms with E-state index in [1.165, 1.54) is 6.92 Å². The number of carbonyl (C=O) groups is 2. The van der Waals surface area contributed by atoms with Gasteiger partial charge in [0, 0.05) is 23.3 Å². The van der Waals surface area contributed by atoms with E-state index in [1.54, 1.807) is 30.3 Å². The highest BCUT2D eigenvalue weighted by atomic mass is 19.4. The molecule has 0 aromatic heterocycles. The molecule has 0 bridgehead atoms. The van der Waals surface area contributed by atoms with Crippen LogP contribution in [0.2, 0.25) is 0 Å². The zero-order chi connectivity index (χ0) is 32.6. The number of alkyl halides is 5. The molecule has 2 fully saturated rings. The van der Waals surface area contributed by atoms with E-state index in [-0.39, 0.29) is 30.4 Å². The van der Waals surface area contributed by atoms with Crippen molar-refractivity contribution in [3.05, 3.63) is 94.1 Å². The summed E-state index contributed by atoms with van der Waals surface area (Å²) in [5, 5.41) is 14.5. The average Bonchev–Trinajstić information content (AvgIpc) is 3.27. The molecule has 0 saturated heterocycles. The molecule has 2 aromatic rings. The molecule has 240 valence electrons. The van der Waals surface area contributed by atoms with E-state index >= 15 is 8.78 Å². The molecule has 0 radical (unpaired) electrons. The molecule has 0 heterocycles. The number of rotatable bonds is 5. The summed E-state index contributed by atoms with van der Waals surface area (Å²) >= 11 is 0. The molecule has 0 spiro atoms. The molecule has 2 N–H and O–H groups in total. The topological polar surface area (TPSA) is 66.4 Å². The summed E-state index contributed by atoms with van der Waals surface area (Å²) < 4.78 is 71.9. The summed E-state index contributed by atoms with van der Waals surface area (Å²) in [4.78, 5) is 25.6. The van der Waals surface area contributed by atoms with Gasteiger partial charge in [0.2, 0.25) is 0 Å². The van der Waals surface area contributed by atoms with Crippen molar-refractivity contribution < 1.29 is 36.6 Å². The normalized spacial score (nSPS) is 30.3. The monoisotopic (exact) mass is 627 g/mol. The number of ketones is 1. The summed E-state index contributed by atoms with van der Waals surface area (Å²) in [6.45, 7) is 5.19. The number of nitrogens with one attached hydrogen (secondary N) is 1. The Hall–Kier alpha value is -3.33. The van der Waals surface area contributed by atoms with Crippen molar-refractivity contribution in [1.29, 1.82) is 0 Å². The molecule has 4 aliphatic rings. The van der Waals surface area contributed by atoms with Gasteiger partial charge in [-0.15, -0.1) is 0 Å². The van der Waals surface area contributed by atoms with Crippen molar-refractivity contribution in [3.63, 3.8) is 0 Å². The van der Waals surface area contributed by atoms with Gasteiger partial charge in [-0.1, -0.05) is 55.0 Å². The van der Waals surface area contributed by atoms with E-state index < -0.39 is 46.9 Å². The Kier molecular flexibility index (Phi) is 7.46. The maximum Gasteiger partial charge on any atom is 0.456 e. The van der Waals surface area contributed by atoms with Crippen molar-refractivity contribution in [3.8, 4) is 0 Å². The third-order valence-electron chi connectivity index (χ3n) is 11.3. The van der Waals surface area contributed by atoms with Crippen molar-refractivity contribution >= 4 is 11.7 Å². The van der Waals surface area contributed by atoms with Crippen molar-refractivity contribution in [2.45, 2.75) is 94.9 Å². The molecular weight excluding hydrogens is 589 g/mol. The number of fused-ring (bicyclic) bond motifs is 4. The minimum atomic E-state index is -5.90. The molecule has 4 nitrogen and oxygen atoms in total. The van der Waals surface area contributed by atoms with Gasteiger partial charge < -0.3 is 10.4 Å². The molecule has 6 rings (SSSR count). The lowest BCUT2D eigenvalue weighted by Gasteiger charge is -2.56. The summed E-state index contributed by atoms with van der Waals surface area (Å²) in [6, 6.07) is 16.3. The number of allylic oxidation sites excluding steroid dienone is 4. The number of benzene rings is 2. The fourth-order valence-electron chi connectivity index (χ4n) is 8.86. The van der Waals surface area contributed by atoms with Crippen LogP contribution >= 0.6 is 0 Å². The Labute approximate surface area is 259 Å². The molecular formula is C36H38F5NO3. The molecule has 2 aromatic carbocycles. The van der Waals surface area contributed by atoms with Crippen LogP contribution in [0.25, 0.3) is 0 Å². The SMILES string of the molecule is CC(C)(NC(=O)c1ccc([C@H]2CC3(C)C(CC[C@@]3(O)C(F)(F)C(F)(F)F)C3CCC4=CC(=O)CCC4=C32)cc1)c1ccccc1. The van der Waals surface area contributed by atoms with Crippen LogP contribution in [0, 0.1) is 17.3 Å². The van der Waals surface area contributed by atoms with Crippen molar-refractivity contribution in [2.24, 2.45) is 17.3 Å². The number of carbonyl (C=O) groups excluding carboxylic acids is 2. The van der Waals surface area contributed by atoms with Crippen LogP contribution in [0.15, 0.2) is 77.4 Å². The molecule has 1 amide bonds. The highest BCUT2D eigenvalue weighted by molar-refractivity contribution is 5.95. The third-order valence-corrected chi connectivity index (χ3v) is 11.3. The Balaban J connectivity index is 1.39. The Morgan fingerprint density at radius 2 is 1.60 bits per heavy atom. The van der Waals surface area contributed by atoms with Gasteiger partial charge in [0.05, 0.1) is 5.54 Å². The summed E-state index contributed by atoms with van der Waals surface area (Å²) in [6.07, 6.45) is -3.09. The predicted octanol–water partition coefficient (Wildman–Crippen LogP) is 8.18. The quantitative estimate of drug-likeness (QED) is 0.329. The number of amides is 1. The number of halogens is 5. The van der Waals surface area contributed by atoms with Gasteiger partial charge in [0.25, 0.3) is 5.91 Å². The second kappa shape index (κ2) is 10.6. The highest BCUT2D eigenvalue weighted by Gasteiger charge is 2.79. The van der Waals surface area contributed by atoms with E-state index in [0.29, 0.717) is 36.8 Å².